The zero-order valence-corrected chi connectivity index (χ0v) is 5.07. The lowest BCUT2D eigenvalue weighted by molar-refractivity contribution is -0.0438. The largest absolute Gasteiger partial charge is 0.391 e. The SMILES string of the molecule is CC(O)C(O)C(C)O. The molecular weight excluding hydrogens is 108 g/mol. The molecule has 50 valence electrons. The van der Waals surface area contributed by atoms with Gasteiger partial charge in [-0.25, -0.2) is 0 Å². The summed E-state index contributed by atoms with van der Waals surface area (Å²) in [6, 6.07) is 0. The summed E-state index contributed by atoms with van der Waals surface area (Å²) in [7, 11) is 0. The summed E-state index contributed by atoms with van der Waals surface area (Å²) in [5, 5.41) is 25.9. The molecule has 0 rings (SSSR count). The van der Waals surface area contributed by atoms with E-state index in [4.69, 9.17) is 15.3 Å². The standard InChI is InChI=1S/C5H12O3/c1-3(6)5(8)4(2)7/h3-8H,1-2H3. The van der Waals surface area contributed by atoms with Crippen molar-refractivity contribution in [3.8, 4) is 0 Å². The second kappa shape index (κ2) is 3.02. The molecule has 0 aliphatic rings. The Kier molecular flexibility index (Phi) is 2.97. The van der Waals surface area contributed by atoms with Crippen LogP contribution in [0.4, 0.5) is 0 Å². The van der Waals surface area contributed by atoms with Crippen LogP contribution in [0.1, 0.15) is 13.8 Å². The van der Waals surface area contributed by atoms with Crippen LogP contribution in [-0.2, 0) is 0 Å². The van der Waals surface area contributed by atoms with Gasteiger partial charge in [-0.15, -0.1) is 0 Å². The lowest BCUT2D eigenvalue weighted by atomic mass is 10.1. The lowest BCUT2D eigenvalue weighted by Gasteiger charge is -2.15. The van der Waals surface area contributed by atoms with Crippen molar-refractivity contribution in [3.63, 3.8) is 0 Å². The number of aliphatic hydroxyl groups is 3. The average Bonchev–Trinajstić information content (AvgIpc) is 1.64. The van der Waals surface area contributed by atoms with E-state index in [-0.39, 0.29) is 0 Å². The first-order valence-electron chi connectivity index (χ1n) is 2.60. The maximum absolute atomic E-state index is 8.70. The molecule has 3 N–H and O–H groups in total. The van der Waals surface area contributed by atoms with Crippen LogP contribution in [0.2, 0.25) is 0 Å². The van der Waals surface area contributed by atoms with Crippen molar-refractivity contribution in [2.24, 2.45) is 0 Å². The molecule has 0 aliphatic heterocycles. The minimum absolute atomic E-state index is 0.852. The first-order valence-corrected chi connectivity index (χ1v) is 2.60. The molecule has 0 aliphatic carbocycles. The van der Waals surface area contributed by atoms with Gasteiger partial charge in [0.05, 0.1) is 12.2 Å². The van der Waals surface area contributed by atoms with Crippen molar-refractivity contribution in [1.82, 2.24) is 0 Å². The highest BCUT2D eigenvalue weighted by Crippen LogP contribution is 1.96. The van der Waals surface area contributed by atoms with Gasteiger partial charge in [0.1, 0.15) is 6.10 Å². The van der Waals surface area contributed by atoms with E-state index < -0.39 is 18.3 Å². The minimum atomic E-state index is -1.02. The third-order valence-corrected chi connectivity index (χ3v) is 0.989. The quantitative estimate of drug-likeness (QED) is 0.443. The van der Waals surface area contributed by atoms with Gasteiger partial charge >= 0.3 is 0 Å². The molecule has 0 spiro atoms. The van der Waals surface area contributed by atoms with Crippen LogP contribution in [0.5, 0.6) is 0 Å². The molecule has 0 heterocycles. The maximum atomic E-state index is 8.70. The van der Waals surface area contributed by atoms with Crippen LogP contribution >= 0.6 is 0 Å². The monoisotopic (exact) mass is 120 g/mol. The smallest absolute Gasteiger partial charge is 0.105 e. The number of hydrogen-bond donors (Lipinski definition) is 3. The molecule has 0 aromatic carbocycles. The van der Waals surface area contributed by atoms with Gasteiger partial charge in [0.2, 0.25) is 0 Å². The molecule has 0 bridgehead atoms. The van der Waals surface area contributed by atoms with Crippen molar-refractivity contribution < 1.29 is 15.3 Å². The van der Waals surface area contributed by atoms with E-state index in [0.29, 0.717) is 0 Å². The molecule has 0 fully saturated rings. The van der Waals surface area contributed by atoms with Crippen LogP contribution < -0.4 is 0 Å². The zero-order chi connectivity index (χ0) is 6.73. The Morgan fingerprint density at radius 2 is 1.12 bits per heavy atom. The Labute approximate surface area is 48.6 Å². The summed E-state index contributed by atoms with van der Waals surface area (Å²) >= 11 is 0. The highest BCUT2D eigenvalue weighted by molar-refractivity contribution is 4.66. The third kappa shape index (κ3) is 2.26. The third-order valence-electron chi connectivity index (χ3n) is 0.989. The normalized spacial score (nSPS) is 22.1. The van der Waals surface area contributed by atoms with Crippen LogP contribution in [0, 0.1) is 0 Å². The first-order chi connectivity index (χ1) is 3.55. The molecule has 0 aromatic rings. The summed E-state index contributed by atoms with van der Waals surface area (Å²) < 4.78 is 0. The van der Waals surface area contributed by atoms with Crippen molar-refractivity contribution in [3.05, 3.63) is 0 Å². The molecule has 0 saturated heterocycles. The van der Waals surface area contributed by atoms with Gasteiger partial charge in [0.25, 0.3) is 0 Å². The molecule has 3 nitrogen and oxygen atoms in total. The van der Waals surface area contributed by atoms with Gasteiger partial charge in [-0.2, -0.15) is 0 Å². The Morgan fingerprint density at radius 3 is 1.12 bits per heavy atom. The predicted octanol–water partition coefficient (Wildman–Crippen LogP) is -0.891. The van der Waals surface area contributed by atoms with E-state index in [0.717, 1.165) is 0 Å². The molecular formula is C5H12O3. The van der Waals surface area contributed by atoms with Gasteiger partial charge in [-0.3, -0.25) is 0 Å². The van der Waals surface area contributed by atoms with Gasteiger partial charge in [-0.05, 0) is 13.8 Å². The zero-order valence-electron chi connectivity index (χ0n) is 5.07. The summed E-state index contributed by atoms with van der Waals surface area (Å²) in [6.07, 6.45) is -2.72. The van der Waals surface area contributed by atoms with E-state index in [9.17, 15) is 0 Å². The van der Waals surface area contributed by atoms with Crippen LogP contribution in [0.15, 0.2) is 0 Å². The second-order valence-electron chi connectivity index (χ2n) is 1.97. The molecule has 0 amide bonds. The first kappa shape index (κ1) is 7.88. The minimum Gasteiger partial charge on any atom is -0.391 e. The molecule has 2 unspecified atom stereocenters. The van der Waals surface area contributed by atoms with E-state index in [1.54, 1.807) is 0 Å². The fourth-order valence-corrected chi connectivity index (χ4v) is 0.403. The van der Waals surface area contributed by atoms with E-state index in [2.05, 4.69) is 0 Å². The van der Waals surface area contributed by atoms with Gasteiger partial charge in [0, 0.05) is 0 Å². The average molecular weight is 120 g/mol. The van der Waals surface area contributed by atoms with Crippen molar-refractivity contribution in [2.75, 3.05) is 0 Å². The molecule has 8 heavy (non-hydrogen) atoms. The van der Waals surface area contributed by atoms with Crippen molar-refractivity contribution >= 4 is 0 Å². The van der Waals surface area contributed by atoms with Crippen molar-refractivity contribution in [2.45, 2.75) is 32.2 Å². The van der Waals surface area contributed by atoms with Gasteiger partial charge in [-0.1, -0.05) is 0 Å². The summed E-state index contributed by atoms with van der Waals surface area (Å²) in [4.78, 5) is 0. The Hall–Kier alpha value is -0.120. The molecule has 0 aromatic heterocycles. The van der Waals surface area contributed by atoms with Crippen molar-refractivity contribution in [1.29, 1.82) is 0 Å². The maximum Gasteiger partial charge on any atom is 0.105 e. The summed E-state index contributed by atoms with van der Waals surface area (Å²) in [5.41, 5.74) is 0. The highest BCUT2D eigenvalue weighted by atomic mass is 16.4. The van der Waals surface area contributed by atoms with Crippen LogP contribution in [0.3, 0.4) is 0 Å². The molecule has 2 atom stereocenters. The van der Waals surface area contributed by atoms with Gasteiger partial charge < -0.3 is 15.3 Å². The Morgan fingerprint density at radius 1 is 0.875 bits per heavy atom. The number of rotatable bonds is 2. The topological polar surface area (TPSA) is 60.7 Å². The Bertz CT molecular complexity index is 52.7. The van der Waals surface area contributed by atoms with Gasteiger partial charge in [0.15, 0.2) is 0 Å². The van der Waals surface area contributed by atoms with E-state index in [1.807, 2.05) is 0 Å². The summed E-state index contributed by atoms with van der Waals surface area (Å²) in [6.45, 7) is 2.86. The number of hydrogen-bond acceptors (Lipinski definition) is 3. The van der Waals surface area contributed by atoms with Crippen LogP contribution in [-0.4, -0.2) is 33.6 Å². The molecule has 0 radical (unpaired) electrons. The fraction of sp³-hybridized carbons (Fsp3) is 1.00. The molecule has 3 heteroatoms. The van der Waals surface area contributed by atoms with E-state index in [1.165, 1.54) is 13.8 Å². The highest BCUT2D eigenvalue weighted by Gasteiger charge is 2.15. The Balaban J connectivity index is 3.46. The van der Waals surface area contributed by atoms with E-state index >= 15 is 0 Å². The lowest BCUT2D eigenvalue weighted by Crippen LogP contribution is -2.33. The summed E-state index contributed by atoms with van der Waals surface area (Å²) in [5.74, 6) is 0. The molecule has 0 saturated carbocycles. The second-order valence-corrected chi connectivity index (χ2v) is 1.97. The number of aliphatic hydroxyl groups excluding tert-OH is 3. The fourth-order valence-electron chi connectivity index (χ4n) is 0.403. The van der Waals surface area contributed by atoms with Crippen LogP contribution in [0.25, 0.3) is 0 Å². The predicted molar refractivity (Wildman–Crippen MR) is 29.4 cm³/mol.